The molecule has 1 amide bonds. The molecule has 5 atom stereocenters. The van der Waals surface area contributed by atoms with Crippen LogP contribution in [-0.2, 0) is 29.3 Å². The van der Waals surface area contributed by atoms with Crippen molar-refractivity contribution < 1.29 is 37.7 Å². The summed E-state index contributed by atoms with van der Waals surface area (Å²) in [5, 5.41) is 2.85. The summed E-state index contributed by atoms with van der Waals surface area (Å²) in [5.41, 5.74) is -2.50. The number of fused-ring (bicyclic) bond motifs is 3. The molecule has 0 spiro atoms. The van der Waals surface area contributed by atoms with Crippen molar-refractivity contribution in [1.82, 2.24) is 20.2 Å². The standard InChI is InChI=1S/C32H42ClFN4O8/c1-16-22(32(12-13-32)45-19-9-7-8-14-43-19)20-21(26(39)36-16)27(37-25(33)23(20)34)44-17(2)24-18-10-11-31(15-35-24,28(40)42-6)38(18)29(41)46-30(3,4)5/h17-19,24,35H,7-15H2,1-6H3,(H,36,39)/t17?,18-,19?,24+,31+/m0/s1. The molecule has 4 fully saturated rings. The molecule has 1 saturated carbocycles. The number of aromatic nitrogens is 2. The molecule has 2 N–H and O–H groups in total. The van der Waals surface area contributed by atoms with Crippen LogP contribution in [0.2, 0.25) is 5.15 Å². The number of pyridine rings is 2. The summed E-state index contributed by atoms with van der Waals surface area (Å²) in [4.78, 5) is 48.6. The molecular weight excluding hydrogens is 623 g/mol. The molecule has 4 aliphatic rings. The maximum atomic E-state index is 16.0. The Kier molecular flexibility index (Phi) is 8.52. The van der Waals surface area contributed by atoms with E-state index in [2.05, 4.69) is 15.3 Å². The number of aryl methyl sites for hydroxylation is 1. The second-order valence-corrected chi connectivity index (χ2v) is 14.2. The molecule has 1 aliphatic carbocycles. The van der Waals surface area contributed by atoms with Crippen LogP contribution in [0, 0.1) is 12.7 Å². The lowest BCUT2D eigenvalue weighted by Crippen LogP contribution is -2.71. The zero-order valence-electron chi connectivity index (χ0n) is 27.1. The number of aromatic amines is 1. The number of carbonyl (C=O) groups excluding carboxylic acids is 2. The highest BCUT2D eigenvalue weighted by Gasteiger charge is 2.61. The first-order chi connectivity index (χ1) is 21.7. The molecule has 14 heteroatoms. The Morgan fingerprint density at radius 2 is 1.91 bits per heavy atom. The van der Waals surface area contributed by atoms with Gasteiger partial charge in [-0.15, -0.1) is 0 Å². The number of hydrogen-bond acceptors (Lipinski definition) is 10. The maximum absolute atomic E-state index is 16.0. The van der Waals surface area contributed by atoms with Gasteiger partial charge in [-0.3, -0.25) is 9.69 Å². The largest absolute Gasteiger partial charge is 0.472 e. The summed E-state index contributed by atoms with van der Waals surface area (Å²) in [6, 6.07) is -1.03. The average Bonchev–Trinajstić information content (AvgIpc) is 3.70. The van der Waals surface area contributed by atoms with E-state index in [4.69, 9.17) is 35.3 Å². The van der Waals surface area contributed by atoms with Crippen LogP contribution in [0.25, 0.3) is 10.8 Å². The summed E-state index contributed by atoms with van der Waals surface area (Å²) < 4.78 is 45.4. The number of methoxy groups -OCH3 is 1. The summed E-state index contributed by atoms with van der Waals surface area (Å²) in [6.07, 6.45) is 2.94. The highest BCUT2D eigenvalue weighted by Crippen LogP contribution is 2.54. The van der Waals surface area contributed by atoms with Crippen molar-refractivity contribution in [2.45, 2.75) is 121 Å². The zero-order valence-corrected chi connectivity index (χ0v) is 27.8. The normalized spacial score (nSPS) is 27.7. The number of carbonyl (C=O) groups is 2. The van der Waals surface area contributed by atoms with Crippen molar-refractivity contribution in [2.75, 3.05) is 20.3 Å². The number of esters is 1. The van der Waals surface area contributed by atoms with Gasteiger partial charge in [-0.2, -0.15) is 4.98 Å². The highest BCUT2D eigenvalue weighted by atomic mass is 35.5. The Hall–Kier alpha value is -3.00. The van der Waals surface area contributed by atoms with Gasteiger partial charge < -0.3 is 34.0 Å². The van der Waals surface area contributed by atoms with Crippen molar-refractivity contribution in [3.05, 3.63) is 32.6 Å². The second kappa shape index (κ2) is 11.9. The lowest BCUT2D eigenvalue weighted by Gasteiger charge is -2.47. The van der Waals surface area contributed by atoms with Crippen LogP contribution in [0.5, 0.6) is 5.88 Å². The van der Waals surface area contributed by atoms with Crippen LogP contribution in [0.3, 0.4) is 0 Å². The molecule has 2 unspecified atom stereocenters. The van der Waals surface area contributed by atoms with Crippen LogP contribution in [0.1, 0.15) is 83.9 Å². The van der Waals surface area contributed by atoms with Gasteiger partial charge in [0.15, 0.2) is 22.8 Å². The fraction of sp³-hybridized carbons (Fsp3) is 0.688. The minimum absolute atomic E-state index is 0.00863. The number of piperazine rings is 1. The molecule has 0 radical (unpaired) electrons. The Labute approximate surface area is 271 Å². The number of nitrogens with one attached hydrogen (secondary N) is 2. The minimum atomic E-state index is -1.24. The Morgan fingerprint density at radius 1 is 1.17 bits per heavy atom. The zero-order chi connectivity index (χ0) is 33.2. The number of H-pyrrole nitrogens is 1. The fourth-order valence-electron chi connectivity index (χ4n) is 7.40. The molecule has 2 bridgehead atoms. The topological polar surface area (TPSA) is 141 Å². The SMILES string of the molecule is COC(=O)[C@@]12CC[C@@H]([C@@H](C(C)Oc3nc(Cl)c(F)c4c(C5(OC6CCCCO6)CC5)c(C)[nH]c(=O)c34)NC1)N2C(=O)OC(C)(C)C. The van der Waals surface area contributed by atoms with Gasteiger partial charge in [0, 0.05) is 29.8 Å². The number of halogens is 2. The van der Waals surface area contributed by atoms with Crippen LogP contribution < -0.4 is 15.6 Å². The summed E-state index contributed by atoms with van der Waals surface area (Å²) >= 11 is 6.38. The minimum Gasteiger partial charge on any atom is -0.472 e. The molecule has 46 heavy (non-hydrogen) atoms. The second-order valence-electron chi connectivity index (χ2n) is 13.8. The lowest BCUT2D eigenvalue weighted by atomic mass is 9.94. The molecular formula is C32H42ClFN4O8. The molecule has 2 aromatic heterocycles. The molecule has 12 nitrogen and oxygen atoms in total. The Bertz CT molecular complexity index is 1600. The van der Waals surface area contributed by atoms with Gasteiger partial charge >= 0.3 is 12.1 Å². The first kappa shape index (κ1) is 32.9. The van der Waals surface area contributed by atoms with Gasteiger partial charge in [-0.1, -0.05) is 11.6 Å². The first-order valence-electron chi connectivity index (χ1n) is 15.9. The van der Waals surface area contributed by atoms with Crippen molar-refractivity contribution in [1.29, 1.82) is 0 Å². The van der Waals surface area contributed by atoms with Crippen LogP contribution >= 0.6 is 11.6 Å². The number of amides is 1. The molecule has 6 rings (SSSR count). The number of rotatable bonds is 7. The third kappa shape index (κ3) is 5.62. The van der Waals surface area contributed by atoms with Gasteiger partial charge in [0.05, 0.1) is 24.8 Å². The third-order valence-electron chi connectivity index (χ3n) is 9.52. The van der Waals surface area contributed by atoms with Gasteiger partial charge in [0.1, 0.15) is 17.1 Å². The van der Waals surface area contributed by atoms with Crippen molar-refractivity contribution in [2.24, 2.45) is 0 Å². The summed E-state index contributed by atoms with van der Waals surface area (Å²) in [5.74, 6) is -1.51. The molecule has 3 aliphatic heterocycles. The van der Waals surface area contributed by atoms with E-state index >= 15 is 4.39 Å². The number of hydrogen-bond donors (Lipinski definition) is 2. The van der Waals surface area contributed by atoms with Gasteiger partial charge in [-0.25, -0.2) is 14.0 Å². The van der Waals surface area contributed by atoms with Gasteiger partial charge in [0.2, 0.25) is 5.88 Å². The molecule has 252 valence electrons. The van der Waals surface area contributed by atoms with E-state index in [0.717, 1.165) is 19.3 Å². The molecule has 3 saturated heterocycles. The van der Waals surface area contributed by atoms with Crippen molar-refractivity contribution in [3.63, 3.8) is 0 Å². The average molecular weight is 665 g/mol. The maximum Gasteiger partial charge on any atom is 0.411 e. The smallest absolute Gasteiger partial charge is 0.411 e. The first-order valence-corrected chi connectivity index (χ1v) is 16.3. The van der Waals surface area contributed by atoms with Crippen molar-refractivity contribution >= 4 is 34.4 Å². The van der Waals surface area contributed by atoms with E-state index < -0.39 is 69.8 Å². The van der Waals surface area contributed by atoms with E-state index in [-0.39, 0.29) is 23.2 Å². The van der Waals surface area contributed by atoms with Gasteiger partial charge in [0.25, 0.3) is 5.56 Å². The Morgan fingerprint density at radius 3 is 2.54 bits per heavy atom. The van der Waals surface area contributed by atoms with E-state index in [1.165, 1.54) is 12.0 Å². The monoisotopic (exact) mass is 664 g/mol. The third-order valence-corrected chi connectivity index (χ3v) is 9.77. The summed E-state index contributed by atoms with van der Waals surface area (Å²) in [6.45, 7) is 9.42. The van der Waals surface area contributed by atoms with Crippen LogP contribution in [0.4, 0.5) is 9.18 Å². The predicted octanol–water partition coefficient (Wildman–Crippen LogP) is 4.61. The van der Waals surface area contributed by atoms with Crippen molar-refractivity contribution in [3.8, 4) is 5.88 Å². The van der Waals surface area contributed by atoms with Gasteiger partial charge in [-0.05, 0) is 79.6 Å². The highest BCUT2D eigenvalue weighted by molar-refractivity contribution is 6.30. The number of ether oxygens (including phenoxy) is 5. The predicted molar refractivity (Wildman–Crippen MR) is 165 cm³/mol. The van der Waals surface area contributed by atoms with E-state index in [1.54, 1.807) is 34.6 Å². The van der Waals surface area contributed by atoms with E-state index in [9.17, 15) is 14.4 Å². The van der Waals surface area contributed by atoms with Crippen LogP contribution in [0.15, 0.2) is 4.79 Å². The summed E-state index contributed by atoms with van der Waals surface area (Å²) in [7, 11) is 1.29. The Balaban J connectivity index is 1.36. The quantitative estimate of drug-likeness (QED) is 0.319. The van der Waals surface area contributed by atoms with Crippen LogP contribution in [-0.4, -0.2) is 82.8 Å². The van der Waals surface area contributed by atoms with E-state index in [1.807, 2.05) is 0 Å². The van der Waals surface area contributed by atoms with E-state index in [0.29, 0.717) is 43.5 Å². The molecule has 0 aromatic carbocycles. The number of nitrogens with zero attached hydrogens (tertiary/aromatic N) is 2. The fourth-order valence-corrected chi connectivity index (χ4v) is 7.57. The molecule has 5 heterocycles. The molecule has 2 aromatic rings. The lowest BCUT2D eigenvalue weighted by molar-refractivity contribution is -0.199.